The zero-order valence-corrected chi connectivity index (χ0v) is 12.8. The lowest BCUT2D eigenvalue weighted by atomic mass is 10.1. The highest BCUT2D eigenvalue weighted by molar-refractivity contribution is 6.33. The fraction of sp³-hybridized carbons (Fsp3) is 0.688. The first-order chi connectivity index (χ1) is 9.83. The van der Waals surface area contributed by atoms with E-state index in [4.69, 9.17) is 11.6 Å². The molecule has 3 nitrogen and oxygen atoms in total. The smallest absolute Gasteiger partial charge is 0.147 e. The van der Waals surface area contributed by atoms with E-state index in [0.717, 1.165) is 36.5 Å². The lowest BCUT2D eigenvalue weighted by Gasteiger charge is -2.26. The van der Waals surface area contributed by atoms with Crippen LogP contribution in [-0.4, -0.2) is 24.1 Å². The number of hydrogen-bond donors (Lipinski definition) is 1. The van der Waals surface area contributed by atoms with Crippen molar-refractivity contribution in [1.82, 2.24) is 10.3 Å². The normalized spacial score (nSPS) is 20.6. The Morgan fingerprint density at radius 1 is 1.15 bits per heavy atom. The molecule has 0 aromatic carbocycles. The van der Waals surface area contributed by atoms with Gasteiger partial charge >= 0.3 is 0 Å². The van der Waals surface area contributed by atoms with Gasteiger partial charge in [-0.25, -0.2) is 4.98 Å². The van der Waals surface area contributed by atoms with E-state index in [1.54, 1.807) is 0 Å². The fourth-order valence-electron chi connectivity index (χ4n) is 2.81. The Kier molecular flexibility index (Phi) is 4.79. The molecule has 0 bridgehead atoms. The van der Waals surface area contributed by atoms with Crippen LogP contribution in [0.4, 0.5) is 5.82 Å². The quantitative estimate of drug-likeness (QED) is 0.916. The highest BCUT2D eigenvalue weighted by Gasteiger charge is 2.20. The molecule has 1 aromatic rings. The van der Waals surface area contributed by atoms with Crippen molar-refractivity contribution in [3.8, 4) is 0 Å². The van der Waals surface area contributed by atoms with Gasteiger partial charge in [-0.05, 0) is 37.3 Å². The summed E-state index contributed by atoms with van der Waals surface area (Å²) in [6.45, 7) is 3.07. The van der Waals surface area contributed by atoms with E-state index in [-0.39, 0.29) is 0 Å². The molecule has 0 radical (unpaired) electrons. The monoisotopic (exact) mass is 293 g/mol. The van der Waals surface area contributed by atoms with Gasteiger partial charge < -0.3 is 10.2 Å². The van der Waals surface area contributed by atoms with Crippen molar-refractivity contribution in [2.24, 2.45) is 0 Å². The molecular formula is C16H24ClN3. The number of hydrogen-bond acceptors (Lipinski definition) is 3. The molecule has 1 aliphatic heterocycles. The summed E-state index contributed by atoms with van der Waals surface area (Å²) in [6, 6.07) is 2.81. The van der Waals surface area contributed by atoms with Crippen LogP contribution in [0.2, 0.25) is 5.02 Å². The zero-order valence-electron chi connectivity index (χ0n) is 12.1. The van der Waals surface area contributed by atoms with Crippen molar-refractivity contribution in [3.05, 3.63) is 22.8 Å². The summed E-state index contributed by atoms with van der Waals surface area (Å²) >= 11 is 6.46. The summed E-state index contributed by atoms with van der Waals surface area (Å²) in [5.74, 6) is 0.976. The second kappa shape index (κ2) is 6.77. The molecule has 3 rings (SSSR count). The van der Waals surface area contributed by atoms with E-state index >= 15 is 0 Å². The molecule has 0 unspecified atom stereocenters. The van der Waals surface area contributed by atoms with Gasteiger partial charge in [-0.3, -0.25) is 0 Å². The lowest BCUT2D eigenvalue weighted by molar-refractivity contribution is 0.553. The zero-order chi connectivity index (χ0) is 13.8. The molecule has 0 spiro atoms. The molecule has 1 saturated carbocycles. The Balaban J connectivity index is 1.64. The highest BCUT2D eigenvalue weighted by atomic mass is 35.5. The molecule has 2 heterocycles. The van der Waals surface area contributed by atoms with Gasteiger partial charge in [-0.1, -0.05) is 30.9 Å². The van der Waals surface area contributed by atoms with Crippen molar-refractivity contribution >= 4 is 17.4 Å². The minimum Gasteiger partial charge on any atom is -0.355 e. The van der Waals surface area contributed by atoms with Gasteiger partial charge in [0.05, 0.1) is 5.02 Å². The van der Waals surface area contributed by atoms with Crippen LogP contribution in [0.25, 0.3) is 0 Å². The minimum absolute atomic E-state index is 0.725. The summed E-state index contributed by atoms with van der Waals surface area (Å²) in [5, 5.41) is 4.31. The van der Waals surface area contributed by atoms with Crippen molar-refractivity contribution < 1.29 is 0 Å². The average Bonchev–Trinajstić information content (AvgIpc) is 3.21. The maximum absolute atomic E-state index is 6.46. The molecule has 1 saturated heterocycles. The van der Waals surface area contributed by atoms with Gasteiger partial charge in [-0.2, -0.15) is 0 Å². The topological polar surface area (TPSA) is 28.2 Å². The number of nitrogens with zero attached hydrogens (tertiary/aromatic N) is 2. The van der Waals surface area contributed by atoms with Crippen LogP contribution in [0, 0.1) is 0 Å². The Morgan fingerprint density at radius 2 is 1.85 bits per heavy atom. The Labute approximate surface area is 126 Å². The van der Waals surface area contributed by atoms with Crippen LogP contribution in [0.3, 0.4) is 0 Å². The van der Waals surface area contributed by atoms with Gasteiger partial charge in [0.15, 0.2) is 0 Å². The minimum atomic E-state index is 0.725. The first-order valence-electron chi connectivity index (χ1n) is 7.96. The van der Waals surface area contributed by atoms with E-state index < -0.39 is 0 Å². The van der Waals surface area contributed by atoms with Gasteiger partial charge in [-0.15, -0.1) is 0 Å². The molecule has 20 heavy (non-hydrogen) atoms. The van der Waals surface area contributed by atoms with Crippen LogP contribution in [0.5, 0.6) is 0 Å². The summed E-state index contributed by atoms with van der Waals surface area (Å²) in [6.07, 6.45) is 11.1. The molecule has 4 heteroatoms. The summed E-state index contributed by atoms with van der Waals surface area (Å²) in [4.78, 5) is 6.99. The third-order valence-electron chi connectivity index (χ3n) is 4.21. The first kappa shape index (κ1) is 14.2. The number of aromatic nitrogens is 1. The molecule has 0 atom stereocenters. The summed E-state index contributed by atoms with van der Waals surface area (Å²) in [5.41, 5.74) is 1.19. The van der Waals surface area contributed by atoms with Crippen molar-refractivity contribution in [1.29, 1.82) is 0 Å². The highest BCUT2D eigenvalue weighted by Crippen LogP contribution is 2.26. The van der Waals surface area contributed by atoms with E-state index in [1.807, 2.05) is 6.20 Å². The molecule has 1 aromatic heterocycles. The van der Waals surface area contributed by atoms with Crippen molar-refractivity contribution in [2.75, 3.05) is 18.0 Å². The van der Waals surface area contributed by atoms with Crippen LogP contribution >= 0.6 is 11.6 Å². The third-order valence-corrected chi connectivity index (χ3v) is 4.48. The summed E-state index contributed by atoms with van der Waals surface area (Å²) < 4.78 is 0. The predicted molar refractivity (Wildman–Crippen MR) is 84.4 cm³/mol. The standard InChI is InChI=1S/C16H24ClN3/c17-15-10-13(11-18-14-6-7-14)12-19-16(15)20-8-4-2-1-3-5-9-20/h10,12,14,18H,1-9,11H2. The van der Waals surface area contributed by atoms with E-state index in [1.165, 1.54) is 50.5 Å². The molecule has 2 fully saturated rings. The van der Waals surface area contributed by atoms with E-state index in [9.17, 15) is 0 Å². The largest absolute Gasteiger partial charge is 0.355 e. The fourth-order valence-corrected chi connectivity index (χ4v) is 3.12. The molecule has 110 valence electrons. The maximum atomic E-state index is 6.46. The van der Waals surface area contributed by atoms with Crippen LogP contribution < -0.4 is 10.2 Å². The van der Waals surface area contributed by atoms with Gasteiger partial charge in [0.1, 0.15) is 5.82 Å². The van der Waals surface area contributed by atoms with E-state index in [0.29, 0.717) is 0 Å². The number of nitrogens with one attached hydrogen (secondary N) is 1. The second-order valence-electron chi connectivity index (χ2n) is 6.06. The van der Waals surface area contributed by atoms with Gasteiger partial charge in [0.25, 0.3) is 0 Å². The Hall–Kier alpha value is -0.800. The molecule has 1 aliphatic carbocycles. The first-order valence-corrected chi connectivity index (χ1v) is 8.33. The van der Waals surface area contributed by atoms with E-state index in [2.05, 4.69) is 21.3 Å². The molecular weight excluding hydrogens is 270 g/mol. The van der Waals surface area contributed by atoms with Crippen molar-refractivity contribution in [2.45, 2.75) is 57.5 Å². The number of halogens is 1. The second-order valence-corrected chi connectivity index (χ2v) is 6.47. The van der Waals surface area contributed by atoms with Crippen LogP contribution in [0.1, 0.15) is 50.5 Å². The molecule has 0 amide bonds. The van der Waals surface area contributed by atoms with Crippen LogP contribution in [0.15, 0.2) is 12.3 Å². The maximum Gasteiger partial charge on any atom is 0.147 e. The number of anilines is 1. The number of pyridine rings is 1. The Bertz CT molecular complexity index is 437. The van der Waals surface area contributed by atoms with Gasteiger partial charge in [0, 0.05) is 31.9 Å². The SMILES string of the molecule is Clc1cc(CNC2CC2)cnc1N1CCCCCCC1. The van der Waals surface area contributed by atoms with Crippen molar-refractivity contribution in [3.63, 3.8) is 0 Å². The lowest BCUT2D eigenvalue weighted by Crippen LogP contribution is -2.28. The van der Waals surface area contributed by atoms with Crippen LogP contribution in [-0.2, 0) is 6.54 Å². The third kappa shape index (κ3) is 3.86. The average molecular weight is 294 g/mol. The Morgan fingerprint density at radius 3 is 2.50 bits per heavy atom. The van der Waals surface area contributed by atoms with Gasteiger partial charge in [0.2, 0.25) is 0 Å². The summed E-state index contributed by atoms with van der Waals surface area (Å²) in [7, 11) is 0. The predicted octanol–water partition coefficient (Wildman–Crippen LogP) is 3.76. The molecule has 2 aliphatic rings. The number of rotatable bonds is 4. The molecule has 1 N–H and O–H groups in total.